The number of rotatable bonds is 2. The summed E-state index contributed by atoms with van der Waals surface area (Å²) in [6, 6.07) is 6.84. The van der Waals surface area contributed by atoms with Gasteiger partial charge in [0.25, 0.3) is 5.56 Å². The molecule has 2 aromatic rings. The van der Waals surface area contributed by atoms with E-state index in [1.807, 2.05) is 0 Å². The minimum atomic E-state index is -1.30. The van der Waals surface area contributed by atoms with Gasteiger partial charge in [-0.3, -0.25) is 9.36 Å². The molecule has 1 heterocycles. The molecule has 0 amide bonds. The van der Waals surface area contributed by atoms with Gasteiger partial charge < -0.3 is 9.90 Å². The molecule has 76 valence electrons. The second kappa shape index (κ2) is 3.53. The number of carbonyl (C=O) groups excluding carboxylic acids is 1. The van der Waals surface area contributed by atoms with Crippen molar-refractivity contribution in [2.24, 2.45) is 0 Å². The number of carbonyl (C=O) groups is 1. The van der Waals surface area contributed by atoms with Crippen molar-refractivity contribution in [1.29, 1.82) is 0 Å². The number of aliphatic carboxylic acids is 1. The van der Waals surface area contributed by atoms with Gasteiger partial charge in [0.2, 0.25) is 0 Å². The first kappa shape index (κ1) is 9.39. The fourth-order valence-corrected chi connectivity index (χ4v) is 1.41. The van der Waals surface area contributed by atoms with Crippen LogP contribution >= 0.6 is 0 Å². The summed E-state index contributed by atoms with van der Waals surface area (Å²) >= 11 is 0. The molecule has 1 aromatic carbocycles. The van der Waals surface area contributed by atoms with Crippen LogP contribution in [0, 0.1) is 0 Å². The molecule has 0 saturated heterocycles. The van der Waals surface area contributed by atoms with Crippen molar-refractivity contribution in [2.75, 3.05) is 0 Å². The number of hydrogen-bond acceptors (Lipinski definition) is 4. The highest BCUT2D eigenvalue weighted by Gasteiger charge is 2.02. The number of nitrogens with zero attached hydrogens (tertiary/aromatic N) is 2. The topological polar surface area (TPSA) is 75.0 Å². The van der Waals surface area contributed by atoms with Crippen LogP contribution < -0.4 is 10.7 Å². The number of carboxylic acid groups (broad SMARTS) is 1. The molecule has 0 unspecified atom stereocenters. The summed E-state index contributed by atoms with van der Waals surface area (Å²) in [7, 11) is 0. The molecule has 2 rings (SSSR count). The van der Waals surface area contributed by atoms with Gasteiger partial charge in [-0.15, -0.1) is 0 Å². The van der Waals surface area contributed by atoms with Crippen LogP contribution in [0.25, 0.3) is 11.0 Å². The molecule has 0 aliphatic rings. The lowest BCUT2D eigenvalue weighted by atomic mass is 10.3. The first-order chi connectivity index (χ1) is 7.18. The first-order valence-corrected chi connectivity index (χ1v) is 4.33. The Morgan fingerprint density at radius 3 is 2.87 bits per heavy atom. The predicted molar refractivity (Wildman–Crippen MR) is 51.0 cm³/mol. The molecule has 0 N–H and O–H groups in total. The molecule has 5 nitrogen and oxygen atoms in total. The van der Waals surface area contributed by atoms with Crippen molar-refractivity contribution in [3.63, 3.8) is 0 Å². The monoisotopic (exact) mass is 203 g/mol. The van der Waals surface area contributed by atoms with Gasteiger partial charge in [-0.2, -0.15) is 0 Å². The van der Waals surface area contributed by atoms with Gasteiger partial charge in [0, 0.05) is 0 Å². The van der Waals surface area contributed by atoms with E-state index in [1.54, 1.807) is 24.3 Å². The summed E-state index contributed by atoms with van der Waals surface area (Å²) in [4.78, 5) is 25.8. The molecule has 0 radical (unpaired) electrons. The van der Waals surface area contributed by atoms with E-state index in [4.69, 9.17) is 0 Å². The number of carboxylic acids is 1. The Bertz CT molecular complexity index is 574. The van der Waals surface area contributed by atoms with Crippen LogP contribution in [0.1, 0.15) is 0 Å². The van der Waals surface area contributed by atoms with Gasteiger partial charge in [-0.05, 0) is 12.1 Å². The summed E-state index contributed by atoms with van der Waals surface area (Å²) in [5.41, 5.74) is 0.630. The largest absolute Gasteiger partial charge is 0.548 e. The van der Waals surface area contributed by atoms with E-state index in [-0.39, 0.29) is 0 Å². The van der Waals surface area contributed by atoms with Crippen LogP contribution in [-0.4, -0.2) is 15.5 Å². The number of hydrogen-bond donors (Lipinski definition) is 0. The Morgan fingerprint density at radius 1 is 1.40 bits per heavy atom. The molecule has 0 atom stereocenters. The Hall–Kier alpha value is -2.17. The third-order valence-corrected chi connectivity index (χ3v) is 2.04. The zero-order valence-electron chi connectivity index (χ0n) is 7.71. The minimum Gasteiger partial charge on any atom is -0.548 e. The lowest BCUT2D eigenvalue weighted by Gasteiger charge is -2.09. The minimum absolute atomic E-state index is 0.446. The zero-order valence-corrected chi connectivity index (χ0v) is 7.71. The van der Waals surface area contributed by atoms with Crippen LogP contribution in [0.3, 0.4) is 0 Å². The zero-order chi connectivity index (χ0) is 10.8. The highest BCUT2D eigenvalue weighted by Crippen LogP contribution is 2.07. The molecule has 0 fully saturated rings. The van der Waals surface area contributed by atoms with Crippen LogP contribution in [0.5, 0.6) is 0 Å². The van der Waals surface area contributed by atoms with Gasteiger partial charge in [0.1, 0.15) is 0 Å². The second-order valence-corrected chi connectivity index (χ2v) is 3.04. The van der Waals surface area contributed by atoms with Gasteiger partial charge in [0.05, 0.1) is 29.7 Å². The van der Waals surface area contributed by atoms with Crippen LogP contribution in [-0.2, 0) is 11.3 Å². The molecule has 0 spiro atoms. The van der Waals surface area contributed by atoms with Crippen molar-refractivity contribution >= 4 is 17.0 Å². The molecular weight excluding hydrogens is 196 g/mol. The van der Waals surface area contributed by atoms with Crippen molar-refractivity contribution < 1.29 is 9.90 Å². The summed E-state index contributed by atoms with van der Waals surface area (Å²) in [5, 5.41) is 10.5. The molecule has 5 heteroatoms. The fraction of sp³-hybridized carbons (Fsp3) is 0.100. The van der Waals surface area contributed by atoms with E-state index in [2.05, 4.69) is 4.98 Å². The molecule has 0 bridgehead atoms. The second-order valence-electron chi connectivity index (χ2n) is 3.04. The number of benzene rings is 1. The van der Waals surface area contributed by atoms with Crippen molar-refractivity contribution in [2.45, 2.75) is 6.54 Å². The van der Waals surface area contributed by atoms with Crippen LogP contribution in [0.2, 0.25) is 0 Å². The Balaban J connectivity index is 2.74. The van der Waals surface area contributed by atoms with E-state index >= 15 is 0 Å². The number of fused-ring (bicyclic) bond motifs is 1. The lowest BCUT2D eigenvalue weighted by Crippen LogP contribution is -2.33. The maximum atomic E-state index is 11.4. The Morgan fingerprint density at radius 2 is 2.13 bits per heavy atom. The fourth-order valence-electron chi connectivity index (χ4n) is 1.41. The third-order valence-electron chi connectivity index (χ3n) is 2.04. The molecule has 1 aromatic heterocycles. The maximum Gasteiger partial charge on any atom is 0.269 e. The molecule has 0 aliphatic carbocycles. The quantitative estimate of drug-likeness (QED) is 0.636. The normalized spacial score (nSPS) is 10.4. The van der Waals surface area contributed by atoms with E-state index in [9.17, 15) is 14.7 Å². The van der Waals surface area contributed by atoms with Crippen molar-refractivity contribution in [1.82, 2.24) is 9.55 Å². The van der Waals surface area contributed by atoms with Gasteiger partial charge >= 0.3 is 0 Å². The summed E-state index contributed by atoms with van der Waals surface area (Å²) in [6.45, 7) is -0.456. The van der Waals surface area contributed by atoms with E-state index in [0.717, 1.165) is 10.8 Å². The van der Waals surface area contributed by atoms with E-state index < -0.39 is 18.1 Å². The smallest absolute Gasteiger partial charge is 0.269 e. The van der Waals surface area contributed by atoms with Gasteiger partial charge in [0.15, 0.2) is 0 Å². The standard InChI is InChI=1S/C10H8N2O3/c13-9-5-11-7-3-1-2-4-8(7)12(9)6-10(14)15/h1-5H,6H2,(H,14,15)/p-1. The average Bonchev–Trinajstić information content (AvgIpc) is 2.22. The maximum absolute atomic E-state index is 11.4. The van der Waals surface area contributed by atoms with Crippen molar-refractivity contribution in [3.05, 3.63) is 40.8 Å². The third kappa shape index (κ3) is 1.71. The highest BCUT2D eigenvalue weighted by atomic mass is 16.4. The van der Waals surface area contributed by atoms with E-state index in [1.165, 1.54) is 0 Å². The Labute approximate surface area is 84.6 Å². The van der Waals surface area contributed by atoms with Crippen molar-refractivity contribution in [3.8, 4) is 0 Å². The lowest BCUT2D eigenvalue weighted by molar-refractivity contribution is -0.306. The summed E-state index contributed by atoms with van der Waals surface area (Å²) in [5.74, 6) is -1.30. The number of para-hydroxylation sites is 2. The summed E-state index contributed by atoms with van der Waals surface area (Å²) in [6.07, 6.45) is 1.10. The van der Waals surface area contributed by atoms with Crippen LogP contribution in [0.4, 0.5) is 0 Å². The van der Waals surface area contributed by atoms with Gasteiger partial charge in [-0.1, -0.05) is 12.1 Å². The van der Waals surface area contributed by atoms with Crippen LogP contribution in [0.15, 0.2) is 35.3 Å². The molecule has 0 aliphatic heterocycles. The molecule has 0 saturated carbocycles. The predicted octanol–water partition coefficient (Wildman–Crippen LogP) is -0.854. The van der Waals surface area contributed by atoms with Gasteiger partial charge in [-0.25, -0.2) is 4.98 Å². The molecular formula is C10H7N2O3-. The Kier molecular flexibility index (Phi) is 2.21. The average molecular weight is 203 g/mol. The highest BCUT2D eigenvalue weighted by molar-refractivity contribution is 5.76. The molecule has 15 heavy (non-hydrogen) atoms. The number of aromatic nitrogens is 2. The summed E-state index contributed by atoms with van der Waals surface area (Å²) < 4.78 is 1.12. The SMILES string of the molecule is O=C([O-])Cn1c(=O)cnc2ccccc21. The first-order valence-electron chi connectivity index (χ1n) is 4.33. The van der Waals surface area contributed by atoms with E-state index in [0.29, 0.717) is 11.0 Å².